The molecular weight excluding hydrogens is 136 g/mol. The second-order valence-electron chi connectivity index (χ2n) is 2.21. The number of hydrogen-bond donors (Lipinski definition) is 2. The molecular formula is C9H12N2. The van der Waals surface area contributed by atoms with Gasteiger partial charge in [-0.2, -0.15) is 0 Å². The Morgan fingerprint density at radius 1 is 1.00 bits per heavy atom. The van der Waals surface area contributed by atoms with Gasteiger partial charge in [0, 0.05) is 0 Å². The zero-order chi connectivity index (χ0) is 8.69. The lowest BCUT2D eigenvalue weighted by Gasteiger charge is -1.93. The Kier molecular flexibility index (Phi) is 4.70. The van der Waals surface area contributed by atoms with Crippen molar-refractivity contribution in [3.63, 3.8) is 0 Å². The van der Waals surface area contributed by atoms with Gasteiger partial charge in [0.25, 0.3) is 0 Å². The average Bonchev–Trinajstić information content (AvgIpc) is 1.97. The Morgan fingerprint density at radius 3 is 1.45 bits per heavy atom. The number of aryl methyl sites for hydroxylation is 2. The molecule has 2 N–H and O–H groups in total. The van der Waals surface area contributed by atoms with Gasteiger partial charge in [-0.15, -0.1) is 0 Å². The summed E-state index contributed by atoms with van der Waals surface area (Å²) in [5.41, 5.74) is 2.74. The van der Waals surface area contributed by atoms with E-state index in [1.54, 1.807) is 0 Å². The molecule has 0 aromatic heterocycles. The van der Waals surface area contributed by atoms with Gasteiger partial charge in [-0.05, 0) is 25.0 Å². The maximum Gasteiger partial charge on any atom is 0.0831 e. The van der Waals surface area contributed by atoms with Gasteiger partial charge in [0.1, 0.15) is 0 Å². The van der Waals surface area contributed by atoms with Crippen molar-refractivity contribution in [3.05, 3.63) is 35.4 Å². The first-order valence-electron chi connectivity index (χ1n) is 3.33. The lowest BCUT2D eigenvalue weighted by atomic mass is 10.1. The number of nitrogens with one attached hydrogen (secondary N) is 2. The largest absolute Gasteiger partial charge is 0.242 e. The van der Waals surface area contributed by atoms with Crippen molar-refractivity contribution in [3.8, 4) is 0 Å². The summed E-state index contributed by atoms with van der Waals surface area (Å²) in [6.07, 6.45) is 0. The van der Waals surface area contributed by atoms with Crippen LogP contribution < -0.4 is 0 Å². The molecule has 1 aromatic rings. The summed E-state index contributed by atoms with van der Waals surface area (Å²) < 4.78 is 0. The Labute approximate surface area is 66.9 Å². The molecule has 0 saturated heterocycles. The van der Waals surface area contributed by atoms with Gasteiger partial charge in [-0.25, -0.2) is 10.8 Å². The molecule has 0 amide bonds. The predicted molar refractivity (Wildman–Crippen MR) is 46.4 cm³/mol. The summed E-state index contributed by atoms with van der Waals surface area (Å²) in [5, 5.41) is 11.2. The summed E-state index contributed by atoms with van der Waals surface area (Å²) in [6, 6.07) is 9.61. The summed E-state index contributed by atoms with van der Waals surface area (Å²) in [6.45, 7) is 4.24. The first-order valence-corrected chi connectivity index (χ1v) is 3.33. The summed E-state index contributed by atoms with van der Waals surface area (Å²) in [4.78, 5) is 0. The molecule has 0 fully saturated rings. The molecule has 0 atom stereocenters. The topological polar surface area (TPSA) is 47.7 Å². The zero-order valence-corrected chi connectivity index (χ0v) is 6.81. The highest BCUT2D eigenvalue weighted by atomic mass is 14.4. The molecule has 58 valence electrons. The third kappa shape index (κ3) is 4.06. The van der Waals surface area contributed by atoms with Crippen molar-refractivity contribution in [1.82, 2.24) is 0 Å². The third-order valence-electron chi connectivity index (χ3n) is 1.43. The third-order valence-corrected chi connectivity index (χ3v) is 1.43. The maximum absolute atomic E-state index is 5.62. The second-order valence-corrected chi connectivity index (χ2v) is 2.21. The van der Waals surface area contributed by atoms with Gasteiger partial charge in [-0.1, -0.05) is 24.3 Å². The molecule has 0 aliphatic rings. The minimum Gasteiger partial charge on any atom is -0.242 e. The Bertz CT molecular complexity index is 226. The number of rotatable bonds is 0. The van der Waals surface area contributed by atoms with Crippen molar-refractivity contribution in [2.75, 3.05) is 0 Å². The monoisotopic (exact) mass is 148 g/mol. The van der Waals surface area contributed by atoms with Gasteiger partial charge in [-0.3, -0.25) is 0 Å². The molecule has 2 heteroatoms. The molecule has 0 spiro atoms. The standard InChI is InChI=1S/C8H10.CH2N2/c1-7-5-3-4-6-8(7)2;2-1-3/h3-6H,1-2H3;2-3H. The molecule has 2 nitrogen and oxygen atoms in total. The van der Waals surface area contributed by atoms with Crippen LogP contribution in [0.25, 0.3) is 0 Å². The van der Waals surface area contributed by atoms with E-state index >= 15 is 0 Å². The minimum atomic E-state index is 1.25. The van der Waals surface area contributed by atoms with Crippen LogP contribution in [0.5, 0.6) is 0 Å². The van der Waals surface area contributed by atoms with E-state index in [1.807, 2.05) is 0 Å². The average molecular weight is 148 g/mol. The van der Waals surface area contributed by atoms with Gasteiger partial charge in [0.2, 0.25) is 0 Å². The minimum absolute atomic E-state index is 1.25. The van der Waals surface area contributed by atoms with E-state index in [0.29, 0.717) is 0 Å². The first kappa shape index (κ1) is 9.60. The van der Waals surface area contributed by atoms with Crippen molar-refractivity contribution >= 4 is 6.01 Å². The van der Waals surface area contributed by atoms with Crippen molar-refractivity contribution < 1.29 is 0 Å². The zero-order valence-electron chi connectivity index (χ0n) is 6.81. The molecule has 0 unspecified atom stereocenters. The van der Waals surface area contributed by atoms with Gasteiger partial charge in [0.15, 0.2) is 0 Å². The van der Waals surface area contributed by atoms with Crippen molar-refractivity contribution in [2.24, 2.45) is 0 Å². The SMILES string of the molecule is Cc1ccccc1C.N=C=N. The molecule has 0 bridgehead atoms. The molecule has 1 aromatic carbocycles. The highest BCUT2D eigenvalue weighted by Gasteiger charge is 1.83. The van der Waals surface area contributed by atoms with Crippen LogP contribution in [0.2, 0.25) is 0 Å². The molecule has 11 heavy (non-hydrogen) atoms. The maximum atomic E-state index is 5.62. The summed E-state index contributed by atoms with van der Waals surface area (Å²) in [7, 11) is 0. The fourth-order valence-electron chi connectivity index (χ4n) is 0.663. The van der Waals surface area contributed by atoms with E-state index in [2.05, 4.69) is 38.1 Å². The Morgan fingerprint density at radius 2 is 1.27 bits per heavy atom. The first-order chi connectivity index (χ1) is 5.22. The van der Waals surface area contributed by atoms with E-state index in [1.165, 1.54) is 17.1 Å². The van der Waals surface area contributed by atoms with Crippen molar-refractivity contribution in [2.45, 2.75) is 13.8 Å². The molecule has 0 radical (unpaired) electrons. The lowest BCUT2D eigenvalue weighted by Crippen LogP contribution is -1.74. The van der Waals surface area contributed by atoms with Crippen LogP contribution in [0, 0.1) is 24.7 Å². The van der Waals surface area contributed by atoms with Crippen LogP contribution in [0.4, 0.5) is 0 Å². The fraction of sp³-hybridized carbons (Fsp3) is 0.222. The van der Waals surface area contributed by atoms with Gasteiger partial charge in [0.05, 0.1) is 6.01 Å². The second kappa shape index (κ2) is 5.39. The molecule has 0 aliphatic heterocycles. The van der Waals surface area contributed by atoms with Crippen molar-refractivity contribution in [1.29, 1.82) is 10.8 Å². The summed E-state index contributed by atoms with van der Waals surface area (Å²) >= 11 is 0. The normalized spacial score (nSPS) is 7.45. The molecule has 0 saturated carbocycles. The van der Waals surface area contributed by atoms with E-state index in [0.717, 1.165) is 0 Å². The van der Waals surface area contributed by atoms with Crippen LogP contribution in [0.3, 0.4) is 0 Å². The van der Waals surface area contributed by atoms with E-state index in [9.17, 15) is 0 Å². The molecule has 0 aliphatic carbocycles. The highest BCUT2D eigenvalue weighted by molar-refractivity contribution is 5.29. The van der Waals surface area contributed by atoms with Gasteiger partial charge >= 0.3 is 0 Å². The smallest absolute Gasteiger partial charge is 0.0831 e. The van der Waals surface area contributed by atoms with E-state index in [4.69, 9.17) is 10.8 Å². The highest BCUT2D eigenvalue weighted by Crippen LogP contribution is 2.02. The fourth-order valence-corrected chi connectivity index (χ4v) is 0.663. The van der Waals surface area contributed by atoms with Crippen LogP contribution >= 0.6 is 0 Å². The van der Waals surface area contributed by atoms with Crippen LogP contribution in [-0.4, -0.2) is 6.01 Å². The number of hydrogen-bond acceptors (Lipinski definition) is 2. The van der Waals surface area contributed by atoms with Gasteiger partial charge < -0.3 is 0 Å². The summed E-state index contributed by atoms with van der Waals surface area (Å²) in [5.74, 6) is 0. The van der Waals surface area contributed by atoms with Crippen LogP contribution in [0.15, 0.2) is 24.3 Å². The molecule has 1 rings (SSSR count). The van der Waals surface area contributed by atoms with E-state index < -0.39 is 0 Å². The Hall–Kier alpha value is -1.40. The van der Waals surface area contributed by atoms with E-state index in [-0.39, 0.29) is 0 Å². The molecule has 0 heterocycles. The van der Waals surface area contributed by atoms with Crippen LogP contribution in [-0.2, 0) is 0 Å². The Balaban J connectivity index is 0.000000292. The van der Waals surface area contributed by atoms with Crippen LogP contribution in [0.1, 0.15) is 11.1 Å². The quantitative estimate of drug-likeness (QED) is 0.531. The lowest BCUT2D eigenvalue weighted by molar-refractivity contribution is 1.34. The number of benzene rings is 1. The predicted octanol–water partition coefficient (Wildman–Crippen LogP) is 2.62.